The van der Waals surface area contributed by atoms with Crippen molar-refractivity contribution in [3.8, 4) is 0 Å². The molecule has 12 heavy (non-hydrogen) atoms. The molecular formula is C7H11N3O2. The van der Waals surface area contributed by atoms with Crippen molar-refractivity contribution in [1.29, 1.82) is 0 Å². The molecule has 0 radical (unpaired) electrons. The van der Waals surface area contributed by atoms with Crippen molar-refractivity contribution in [2.75, 3.05) is 5.73 Å². The maximum atomic E-state index is 10.6. The highest BCUT2D eigenvalue weighted by Crippen LogP contribution is 2.14. The van der Waals surface area contributed by atoms with Crippen LogP contribution in [0.1, 0.15) is 18.7 Å². The van der Waals surface area contributed by atoms with E-state index in [1.807, 2.05) is 0 Å². The van der Waals surface area contributed by atoms with Crippen LogP contribution in [-0.4, -0.2) is 20.9 Å². The van der Waals surface area contributed by atoms with E-state index < -0.39 is 12.0 Å². The highest BCUT2D eigenvalue weighted by Gasteiger charge is 2.16. The first kappa shape index (κ1) is 8.58. The lowest BCUT2D eigenvalue weighted by Crippen LogP contribution is -2.17. The van der Waals surface area contributed by atoms with Crippen LogP contribution in [0.4, 0.5) is 5.69 Å². The van der Waals surface area contributed by atoms with E-state index in [1.54, 1.807) is 13.8 Å². The lowest BCUT2D eigenvalue weighted by Gasteiger charge is -2.08. The number of carbonyl (C=O) groups is 1. The number of carboxylic acids is 1. The number of aromatic nitrogens is 2. The van der Waals surface area contributed by atoms with Crippen LogP contribution >= 0.6 is 0 Å². The van der Waals surface area contributed by atoms with Gasteiger partial charge in [0.1, 0.15) is 6.04 Å². The predicted octanol–water partition coefficient (Wildman–Crippen LogP) is 0.419. The van der Waals surface area contributed by atoms with Gasteiger partial charge in [-0.1, -0.05) is 0 Å². The van der Waals surface area contributed by atoms with Crippen LogP contribution < -0.4 is 5.73 Å². The minimum atomic E-state index is -0.916. The maximum absolute atomic E-state index is 10.6. The molecule has 0 bridgehead atoms. The number of nitrogens with zero attached hydrogens (tertiary/aromatic N) is 2. The fraction of sp³-hybridized carbons (Fsp3) is 0.429. The third kappa shape index (κ3) is 1.25. The fourth-order valence-electron chi connectivity index (χ4n) is 0.932. The Balaban J connectivity index is 3.03. The van der Waals surface area contributed by atoms with Crippen LogP contribution in [0.15, 0.2) is 6.20 Å². The van der Waals surface area contributed by atoms with Crippen LogP contribution in [0.5, 0.6) is 0 Å². The summed E-state index contributed by atoms with van der Waals surface area (Å²) in [5.41, 5.74) is 6.70. The van der Waals surface area contributed by atoms with E-state index in [9.17, 15) is 4.79 Å². The Bertz CT molecular complexity index is 306. The van der Waals surface area contributed by atoms with E-state index in [1.165, 1.54) is 10.9 Å². The second kappa shape index (κ2) is 2.84. The molecule has 0 fully saturated rings. The van der Waals surface area contributed by atoms with Gasteiger partial charge in [-0.15, -0.1) is 0 Å². The number of nitrogens with two attached hydrogens (primary N) is 1. The van der Waals surface area contributed by atoms with Crippen LogP contribution in [0.2, 0.25) is 0 Å². The summed E-state index contributed by atoms with van der Waals surface area (Å²) in [6.07, 6.45) is 1.45. The van der Waals surface area contributed by atoms with Crippen LogP contribution in [-0.2, 0) is 4.79 Å². The third-order valence-corrected chi connectivity index (χ3v) is 1.81. The first-order chi connectivity index (χ1) is 5.54. The molecule has 5 nitrogen and oxygen atoms in total. The van der Waals surface area contributed by atoms with Crippen molar-refractivity contribution in [3.05, 3.63) is 11.9 Å². The Morgan fingerprint density at radius 2 is 2.42 bits per heavy atom. The number of carboxylic acid groups (broad SMARTS) is 1. The van der Waals surface area contributed by atoms with Crippen molar-refractivity contribution >= 4 is 11.7 Å². The van der Waals surface area contributed by atoms with Crippen LogP contribution in [0.25, 0.3) is 0 Å². The molecule has 0 aliphatic heterocycles. The highest BCUT2D eigenvalue weighted by molar-refractivity contribution is 5.71. The van der Waals surface area contributed by atoms with Crippen LogP contribution in [0, 0.1) is 6.92 Å². The minimum Gasteiger partial charge on any atom is -0.480 e. The lowest BCUT2D eigenvalue weighted by molar-refractivity contribution is -0.140. The van der Waals surface area contributed by atoms with Gasteiger partial charge in [-0.3, -0.25) is 4.68 Å². The molecule has 0 aliphatic carbocycles. The Labute approximate surface area is 69.8 Å². The van der Waals surface area contributed by atoms with Crippen molar-refractivity contribution in [3.63, 3.8) is 0 Å². The van der Waals surface area contributed by atoms with Gasteiger partial charge in [-0.2, -0.15) is 5.10 Å². The lowest BCUT2D eigenvalue weighted by atomic mass is 10.3. The molecule has 3 N–H and O–H groups in total. The fourth-order valence-corrected chi connectivity index (χ4v) is 0.932. The second-order valence-corrected chi connectivity index (χ2v) is 2.64. The third-order valence-electron chi connectivity index (χ3n) is 1.81. The van der Waals surface area contributed by atoms with Gasteiger partial charge in [0, 0.05) is 0 Å². The molecule has 0 aromatic carbocycles. The maximum Gasteiger partial charge on any atom is 0.328 e. The normalized spacial score (nSPS) is 12.8. The molecule has 0 spiro atoms. The quantitative estimate of drug-likeness (QED) is 0.672. The molecule has 5 heteroatoms. The first-order valence-electron chi connectivity index (χ1n) is 3.56. The molecule has 1 atom stereocenters. The summed E-state index contributed by atoms with van der Waals surface area (Å²) in [5.74, 6) is -0.916. The molecular weight excluding hydrogens is 158 g/mol. The molecule has 1 heterocycles. The summed E-state index contributed by atoms with van der Waals surface area (Å²) >= 11 is 0. The number of anilines is 1. The average Bonchev–Trinajstić information content (AvgIpc) is 2.32. The topological polar surface area (TPSA) is 81.1 Å². The van der Waals surface area contributed by atoms with Gasteiger partial charge in [-0.25, -0.2) is 4.79 Å². The van der Waals surface area contributed by atoms with Gasteiger partial charge in [0.25, 0.3) is 0 Å². The van der Waals surface area contributed by atoms with E-state index in [2.05, 4.69) is 5.10 Å². The summed E-state index contributed by atoms with van der Waals surface area (Å²) in [6.45, 7) is 3.30. The SMILES string of the molecule is Cc1c(N)cnn1[C@H](C)C(=O)O. The number of hydrogen-bond acceptors (Lipinski definition) is 3. The van der Waals surface area contributed by atoms with Gasteiger partial charge < -0.3 is 10.8 Å². The molecule has 0 amide bonds. The first-order valence-corrected chi connectivity index (χ1v) is 3.56. The summed E-state index contributed by atoms with van der Waals surface area (Å²) in [4.78, 5) is 10.6. The molecule has 0 aliphatic rings. The number of rotatable bonds is 2. The molecule has 0 unspecified atom stereocenters. The Hall–Kier alpha value is -1.52. The average molecular weight is 169 g/mol. The zero-order valence-corrected chi connectivity index (χ0v) is 6.98. The van der Waals surface area contributed by atoms with E-state index >= 15 is 0 Å². The smallest absolute Gasteiger partial charge is 0.328 e. The van der Waals surface area contributed by atoms with Gasteiger partial charge in [0.15, 0.2) is 0 Å². The number of hydrogen-bond donors (Lipinski definition) is 2. The Morgan fingerprint density at radius 1 is 1.83 bits per heavy atom. The molecule has 1 aromatic heterocycles. The van der Waals surface area contributed by atoms with Gasteiger partial charge in [-0.05, 0) is 13.8 Å². The summed E-state index contributed by atoms with van der Waals surface area (Å²) in [7, 11) is 0. The second-order valence-electron chi connectivity index (χ2n) is 2.64. The largest absolute Gasteiger partial charge is 0.480 e. The number of aliphatic carboxylic acids is 1. The van der Waals surface area contributed by atoms with Gasteiger partial charge in [0.2, 0.25) is 0 Å². The molecule has 66 valence electrons. The monoisotopic (exact) mass is 169 g/mol. The summed E-state index contributed by atoms with van der Waals surface area (Å²) in [6, 6.07) is -0.665. The van der Waals surface area contributed by atoms with E-state index in [4.69, 9.17) is 10.8 Å². The molecule has 1 aromatic rings. The Kier molecular flexibility index (Phi) is 2.03. The van der Waals surface area contributed by atoms with Gasteiger partial charge in [0.05, 0.1) is 17.6 Å². The zero-order chi connectivity index (χ0) is 9.30. The van der Waals surface area contributed by atoms with Crippen molar-refractivity contribution < 1.29 is 9.90 Å². The predicted molar refractivity (Wildman–Crippen MR) is 43.7 cm³/mol. The van der Waals surface area contributed by atoms with E-state index in [0.717, 1.165) is 0 Å². The molecule has 1 rings (SSSR count). The Morgan fingerprint density at radius 3 is 2.75 bits per heavy atom. The summed E-state index contributed by atoms with van der Waals surface area (Å²) in [5, 5.41) is 12.5. The van der Waals surface area contributed by atoms with Crippen molar-refractivity contribution in [2.45, 2.75) is 19.9 Å². The molecule has 0 saturated carbocycles. The zero-order valence-electron chi connectivity index (χ0n) is 6.98. The van der Waals surface area contributed by atoms with E-state index in [0.29, 0.717) is 11.4 Å². The molecule has 0 saturated heterocycles. The highest BCUT2D eigenvalue weighted by atomic mass is 16.4. The minimum absolute atomic E-state index is 0.517. The van der Waals surface area contributed by atoms with Gasteiger partial charge >= 0.3 is 5.97 Å². The van der Waals surface area contributed by atoms with Crippen molar-refractivity contribution in [2.24, 2.45) is 0 Å². The van der Waals surface area contributed by atoms with Crippen molar-refractivity contribution in [1.82, 2.24) is 9.78 Å². The van der Waals surface area contributed by atoms with Crippen LogP contribution in [0.3, 0.4) is 0 Å². The number of nitrogen functional groups attached to an aromatic ring is 1. The summed E-state index contributed by atoms with van der Waals surface area (Å²) < 4.78 is 1.39. The standard InChI is InChI=1S/C7H11N3O2/c1-4-6(8)3-9-10(4)5(2)7(11)12/h3,5H,8H2,1-2H3,(H,11,12)/t5-/m1/s1. The van der Waals surface area contributed by atoms with E-state index in [-0.39, 0.29) is 0 Å².